The lowest BCUT2D eigenvalue weighted by atomic mass is 10.1. The van der Waals surface area contributed by atoms with Gasteiger partial charge in [0.25, 0.3) is 11.8 Å². The molecule has 7 nitrogen and oxygen atoms in total. The van der Waals surface area contributed by atoms with E-state index in [1.54, 1.807) is 36.4 Å². The molecule has 0 bridgehead atoms. The Morgan fingerprint density at radius 2 is 1.75 bits per heavy atom. The first-order valence-electron chi connectivity index (χ1n) is 11.1. The topological polar surface area (TPSA) is 100 Å². The monoisotopic (exact) mass is 503 g/mol. The minimum absolute atomic E-state index is 0.0677. The molecule has 0 heterocycles. The summed E-state index contributed by atoms with van der Waals surface area (Å²) in [6, 6.07) is 17.7. The maximum atomic E-state index is 12.7. The summed E-state index contributed by atoms with van der Waals surface area (Å²) in [6.07, 6.45) is 1.46. The molecule has 3 aromatic carbocycles. The van der Waals surface area contributed by atoms with E-state index >= 15 is 0 Å². The van der Waals surface area contributed by atoms with Gasteiger partial charge in [0.15, 0.2) is 18.1 Å². The molecule has 2 N–H and O–H groups in total. The lowest BCUT2D eigenvalue weighted by molar-refractivity contribution is -0.118. The van der Waals surface area contributed by atoms with Crippen LogP contribution in [0.25, 0.3) is 6.08 Å². The predicted octanol–water partition coefficient (Wildman–Crippen LogP) is 5.84. The number of ether oxygens (including phenoxy) is 2. The molecule has 3 rings (SSSR count). The lowest BCUT2D eigenvalue weighted by Gasteiger charge is -2.12. The van der Waals surface area contributed by atoms with E-state index in [0.29, 0.717) is 33.5 Å². The second kappa shape index (κ2) is 11.9. The van der Waals surface area contributed by atoms with Gasteiger partial charge in [-0.3, -0.25) is 9.59 Å². The van der Waals surface area contributed by atoms with Gasteiger partial charge in [-0.25, -0.2) is 0 Å². The van der Waals surface area contributed by atoms with Gasteiger partial charge in [-0.2, -0.15) is 5.26 Å². The molecule has 0 unspecified atom stereocenters. The molecule has 0 spiro atoms. The van der Waals surface area contributed by atoms with Crippen LogP contribution in [0.15, 0.2) is 60.2 Å². The Bertz CT molecular complexity index is 1380. The van der Waals surface area contributed by atoms with E-state index in [-0.39, 0.29) is 18.1 Å². The molecular formula is C28H26ClN3O4. The third-order valence-corrected chi connectivity index (χ3v) is 5.72. The highest BCUT2D eigenvalue weighted by atomic mass is 35.5. The van der Waals surface area contributed by atoms with Crippen LogP contribution in [0.5, 0.6) is 11.5 Å². The van der Waals surface area contributed by atoms with Gasteiger partial charge in [0.2, 0.25) is 0 Å². The number of nitriles is 1. The number of halogens is 1. The van der Waals surface area contributed by atoms with Crippen LogP contribution >= 0.6 is 11.6 Å². The van der Waals surface area contributed by atoms with Gasteiger partial charge in [0.05, 0.1) is 7.11 Å². The van der Waals surface area contributed by atoms with Gasteiger partial charge in [0, 0.05) is 16.4 Å². The van der Waals surface area contributed by atoms with Crippen molar-refractivity contribution in [2.45, 2.75) is 20.8 Å². The van der Waals surface area contributed by atoms with Crippen LogP contribution in [0, 0.1) is 32.1 Å². The summed E-state index contributed by atoms with van der Waals surface area (Å²) in [6.45, 7) is 5.47. The van der Waals surface area contributed by atoms with Crippen LogP contribution in [-0.4, -0.2) is 25.5 Å². The largest absolute Gasteiger partial charge is 0.493 e. The van der Waals surface area contributed by atoms with Crippen LogP contribution in [0.2, 0.25) is 5.02 Å². The van der Waals surface area contributed by atoms with Crippen molar-refractivity contribution in [2.75, 3.05) is 24.4 Å². The van der Waals surface area contributed by atoms with Crippen molar-refractivity contribution in [3.63, 3.8) is 0 Å². The number of nitrogens with zero attached hydrogens (tertiary/aromatic N) is 1. The zero-order valence-corrected chi connectivity index (χ0v) is 21.2. The predicted molar refractivity (Wildman–Crippen MR) is 141 cm³/mol. The average Bonchev–Trinajstić information content (AvgIpc) is 2.85. The van der Waals surface area contributed by atoms with Gasteiger partial charge in [-0.15, -0.1) is 0 Å². The molecular weight excluding hydrogens is 478 g/mol. The number of carbonyl (C=O) groups excluding carboxylic acids is 2. The summed E-state index contributed by atoms with van der Waals surface area (Å²) in [5.74, 6) is -0.195. The molecule has 0 aromatic heterocycles. The quantitative estimate of drug-likeness (QED) is 0.297. The average molecular weight is 504 g/mol. The van der Waals surface area contributed by atoms with E-state index < -0.39 is 5.91 Å². The van der Waals surface area contributed by atoms with E-state index in [1.807, 2.05) is 45.0 Å². The van der Waals surface area contributed by atoms with Gasteiger partial charge in [-0.05, 0) is 73.9 Å². The second-order valence-electron chi connectivity index (χ2n) is 8.15. The van der Waals surface area contributed by atoms with Crippen molar-refractivity contribution in [2.24, 2.45) is 0 Å². The molecule has 0 saturated carbocycles. The molecule has 0 aliphatic heterocycles. The molecule has 184 valence electrons. The SMILES string of the molecule is COc1cc(/C=C(\C#N)C(=O)Nc2ccc(C)cc2C)ccc1OCC(=O)Nc1ccc(C)c(Cl)c1. The molecule has 0 fully saturated rings. The molecule has 3 aromatic rings. The molecule has 0 aliphatic carbocycles. The van der Waals surface area contributed by atoms with Crippen molar-refractivity contribution in [1.29, 1.82) is 5.26 Å². The van der Waals surface area contributed by atoms with Crippen LogP contribution in [0.1, 0.15) is 22.3 Å². The minimum atomic E-state index is -0.517. The van der Waals surface area contributed by atoms with Gasteiger partial charge in [0.1, 0.15) is 11.6 Å². The maximum Gasteiger partial charge on any atom is 0.266 e. The Morgan fingerprint density at radius 1 is 0.972 bits per heavy atom. The summed E-state index contributed by atoms with van der Waals surface area (Å²) in [4.78, 5) is 25.0. The lowest BCUT2D eigenvalue weighted by Crippen LogP contribution is -2.20. The Balaban J connectivity index is 1.69. The number of anilines is 2. The number of rotatable bonds is 8. The van der Waals surface area contributed by atoms with Gasteiger partial charge in [-0.1, -0.05) is 41.4 Å². The molecule has 0 aliphatic rings. The number of amides is 2. The second-order valence-corrected chi connectivity index (χ2v) is 8.56. The number of methoxy groups -OCH3 is 1. The highest BCUT2D eigenvalue weighted by Gasteiger charge is 2.13. The van der Waals surface area contributed by atoms with Crippen LogP contribution < -0.4 is 20.1 Å². The molecule has 36 heavy (non-hydrogen) atoms. The van der Waals surface area contributed by atoms with E-state index in [1.165, 1.54) is 13.2 Å². The van der Waals surface area contributed by atoms with Crippen molar-refractivity contribution < 1.29 is 19.1 Å². The van der Waals surface area contributed by atoms with Crippen LogP contribution in [0.3, 0.4) is 0 Å². The van der Waals surface area contributed by atoms with Crippen molar-refractivity contribution >= 4 is 40.9 Å². The number of nitrogens with one attached hydrogen (secondary N) is 2. The summed E-state index contributed by atoms with van der Waals surface area (Å²) < 4.78 is 11.0. The smallest absolute Gasteiger partial charge is 0.266 e. The Kier molecular flexibility index (Phi) is 8.71. The van der Waals surface area contributed by atoms with Crippen molar-refractivity contribution in [1.82, 2.24) is 0 Å². The highest BCUT2D eigenvalue weighted by molar-refractivity contribution is 6.31. The summed E-state index contributed by atoms with van der Waals surface area (Å²) in [5.41, 5.74) is 4.58. The fourth-order valence-electron chi connectivity index (χ4n) is 3.36. The molecule has 0 saturated heterocycles. The third-order valence-electron chi connectivity index (χ3n) is 5.31. The fourth-order valence-corrected chi connectivity index (χ4v) is 3.54. The molecule has 2 amide bonds. The van der Waals surface area contributed by atoms with Gasteiger partial charge < -0.3 is 20.1 Å². The van der Waals surface area contributed by atoms with Crippen LogP contribution in [-0.2, 0) is 9.59 Å². The van der Waals surface area contributed by atoms with E-state index in [9.17, 15) is 14.9 Å². The summed E-state index contributed by atoms with van der Waals surface area (Å²) in [7, 11) is 1.46. The van der Waals surface area contributed by atoms with E-state index in [4.69, 9.17) is 21.1 Å². The van der Waals surface area contributed by atoms with Crippen molar-refractivity contribution in [3.8, 4) is 17.6 Å². The zero-order valence-electron chi connectivity index (χ0n) is 20.4. The Hall–Kier alpha value is -4.28. The number of benzene rings is 3. The van der Waals surface area contributed by atoms with E-state index in [0.717, 1.165) is 16.7 Å². The first kappa shape index (κ1) is 26.3. The fraction of sp³-hybridized carbons (Fsp3) is 0.179. The highest BCUT2D eigenvalue weighted by Crippen LogP contribution is 2.29. The molecule has 0 atom stereocenters. The molecule has 8 heteroatoms. The third kappa shape index (κ3) is 6.87. The number of hydrogen-bond donors (Lipinski definition) is 2. The Morgan fingerprint density at radius 3 is 2.42 bits per heavy atom. The Labute approximate surface area is 215 Å². The zero-order chi connectivity index (χ0) is 26.2. The minimum Gasteiger partial charge on any atom is -0.493 e. The first-order valence-corrected chi connectivity index (χ1v) is 11.4. The molecule has 0 radical (unpaired) electrons. The normalized spacial score (nSPS) is 10.8. The standard InChI is InChI=1S/C28H26ClN3O4/c1-17-5-9-24(19(3)11-17)32-28(34)21(15-30)12-20-7-10-25(26(13-20)35-4)36-16-27(33)31-22-8-6-18(2)23(29)14-22/h5-14H,16H2,1-4H3,(H,31,33)(H,32,34)/b21-12+. The number of carbonyl (C=O) groups is 2. The first-order chi connectivity index (χ1) is 17.2. The van der Waals surface area contributed by atoms with E-state index in [2.05, 4.69) is 10.6 Å². The maximum absolute atomic E-state index is 12.7. The summed E-state index contributed by atoms with van der Waals surface area (Å²) in [5, 5.41) is 15.6. The van der Waals surface area contributed by atoms with Gasteiger partial charge >= 0.3 is 0 Å². The number of aryl methyl sites for hydroxylation is 3. The summed E-state index contributed by atoms with van der Waals surface area (Å²) >= 11 is 6.09. The number of hydrogen-bond acceptors (Lipinski definition) is 5. The van der Waals surface area contributed by atoms with Crippen molar-refractivity contribution in [3.05, 3.63) is 87.4 Å². The van der Waals surface area contributed by atoms with Crippen LogP contribution in [0.4, 0.5) is 11.4 Å².